The molecule has 0 spiro atoms. The first-order valence-electron chi connectivity index (χ1n) is 8.25. The summed E-state index contributed by atoms with van der Waals surface area (Å²) in [6, 6.07) is 9.93. The van der Waals surface area contributed by atoms with Gasteiger partial charge in [-0.1, -0.05) is 32.9 Å². The second-order valence-corrected chi connectivity index (χ2v) is 7.05. The quantitative estimate of drug-likeness (QED) is 0.806. The molecule has 0 atom stereocenters. The Bertz CT molecular complexity index is 746. The summed E-state index contributed by atoms with van der Waals surface area (Å²) in [6.07, 6.45) is 1.70. The smallest absolute Gasteiger partial charge is 0.234 e. The van der Waals surface area contributed by atoms with Gasteiger partial charge in [0.05, 0.1) is 7.11 Å². The zero-order chi connectivity index (χ0) is 18.3. The summed E-state index contributed by atoms with van der Waals surface area (Å²) >= 11 is 0. The van der Waals surface area contributed by atoms with Crippen molar-refractivity contribution in [3.63, 3.8) is 0 Å². The molecule has 0 bridgehead atoms. The van der Waals surface area contributed by atoms with Crippen LogP contribution in [0.15, 0.2) is 30.5 Å². The summed E-state index contributed by atoms with van der Waals surface area (Å²) in [7, 11) is 1.66. The van der Waals surface area contributed by atoms with Crippen LogP contribution in [-0.2, 0) is 13.1 Å². The van der Waals surface area contributed by atoms with Gasteiger partial charge in [-0.3, -0.25) is 0 Å². The number of nitrogens with one attached hydrogen (secondary N) is 2. The van der Waals surface area contributed by atoms with Gasteiger partial charge in [0.15, 0.2) is 0 Å². The van der Waals surface area contributed by atoms with Gasteiger partial charge in [-0.2, -0.15) is 5.26 Å². The first-order chi connectivity index (χ1) is 11.9. The Kier molecular flexibility index (Phi) is 6.31. The van der Waals surface area contributed by atoms with Crippen LogP contribution in [0.1, 0.15) is 37.7 Å². The summed E-state index contributed by atoms with van der Waals surface area (Å²) in [5, 5.41) is 15.7. The number of nitriles is 1. The molecule has 25 heavy (non-hydrogen) atoms. The molecule has 132 valence electrons. The van der Waals surface area contributed by atoms with E-state index in [0.29, 0.717) is 18.9 Å². The zero-order valence-corrected chi connectivity index (χ0v) is 15.3. The second kappa shape index (κ2) is 8.45. The fourth-order valence-corrected chi connectivity index (χ4v) is 2.22. The maximum absolute atomic E-state index is 9.02. The van der Waals surface area contributed by atoms with Crippen LogP contribution in [0.5, 0.6) is 5.75 Å². The van der Waals surface area contributed by atoms with E-state index in [1.54, 1.807) is 13.3 Å². The molecule has 0 saturated carbocycles. The van der Waals surface area contributed by atoms with Gasteiger partial charge in [0.25, 0.3) is 0 Å². The van der Waals surface area contributed by atoms with Gasteiger partial charge in [-0.15, -0.1) is 0 Å². The summed E-state index contributed by atoms with van der Waals surface area (Å²) < 4.78 is 5.24. The molecule has 0 unspecified atom stereocenters. The molecule has 6 heteroatoms. The van der Waals surface area contributed by atoms with Crippen molar-refractivity contribution >= 4 is 5.82 Å². The SMILES string of the molecule is COc1cccc(CNCc2cnc(C#N)nc2NCC(C)(C)C)c1. The number of methoxy groups -OCH3 is 1. The first kappa shape index (κ1) is 18.7. The van der Waals surface area contributed by atoms with E-state index >= 15 is 0 Å². The third-order valence-corrected chi connectivity index (χ3v) is 3.53. The molecule has 0 aliphatic heterocycles. The molecule has 0 saturated heterocycles. The van der Waals surface area contributed by atoms with Crippen molar-refractivity contribution in [2.75, 3.05) is 19.0 Å². The van der Waals surface area contributed by atoms with Crippen LogP contribution >= 0.6 is 0 Å². The molecule has 0 fully saturated rings. The van der Waals surface area contributed by atoms with E-state index in [9.17, 15) is 0 Å². The van der Waals surface area contributed by atoms with Crippen molar-refractivity contribution in [2.24, 2.45) is 5.41 Å². The van der Waals surface area contributed by atoms with Gasteiger partial charge >= 0.3 is 0 Å². The average Bonchev–Trinajstić information content (AvgIpc) is 2.60. The molecule has 0 aliphatic carbocycles. The lowest BCUT2D eigenvalue weighted by molar-refractivity contribution is 0.414. The Morgan fingerprint density at radius 2 is 2.04 bits per heavy atom. The Hall–Kier alpha value is -2.65. The fourth-order valence-electron chi connectivity index (χ4n) is 2.22. The molecule has 2 aromatic rings. The van der Waals surface area contributed by atoms with Gasteiger partial charge in [0.2, 0.25) is 5.82 Å². The number of anilines is 1. The average molecular weight is 339 g/mol. The van der Waals surface area contributed by atoms with E-state index in [2.05, 4.69) is 41.4 Å². The number of ether oxygens (including phenoxy) is 1. The van der Waals surface area contributed by atoms with Gasteiger partial charge in [0.1, 0.15) is 17.6 Å². The van der Waals surface area contributed by atoms with Crippen LogP contribution in [0.2, 0.25) is 0 Å². The molecule has 2 rings (SSSR count). The summed E-state index contributed by atoms with van der Waals surface area (Å²) in [6.45, 7) is 8.51. The Morgan fingerprint density at radius 1 is 1.24 bits per heavy atom. The highest BCUT2D eigenvalue weighted by Crippen LogP contribution is 2.18. The van der Waals surface area contributed by atoms with Gasteiger partial charge < -0.3 is 15.4 Å². The normalized spacial score (nSPS) is 11.0. The van der Waals surface area contributed by atoms with Gasteiger partial charge in [0, 0.05) is 31.4 Å². The predicted molar refractivity (Wildman–Crippen MR) is 98.2 cm³/mol. The predicted octanol–water partition coefficient (Wildman–Crippen LogP) is 3.10. The molecule has 0 amide bonds. The Labute approximate surface area is 149 Å². The number of nitrogens with zero attached hydrogens (tertiary/aromatic N) is 3. The number of rotatable bonds is 7. The van der Waals surface area contributed by atoms with Crippen molar-refractivity contribution < 1.29 is 4.74 Å². The second-order valence-electron chi connectivity index (χ2n) is 7.05. The van der Waals surface area contributed by atoms with Crippen LogP contribution < -0.4 is 15.4 Å². The lowest BCUT2D eigenvalue weighted by Gasteiger charge is -2.20. The summed E-state index contributed by atoms with van der Waals surface area (Å²) in [5.74, 6) is 1.72. The lowest BCUT2D eigenvalue weighted by Crippen LogP contribution is -2.22. The highest BCUT2D eigenvalue weighted by molar-refractivity contribution is 5.44. The molecule has 1 aromatic carbocycles. The minimum atomic E-state index is 0.114. The number of hydrogen-bond acceptors (Lipinski definition) is 6. The molecule has 0 radical (unpaired) electrons. The molecule has 6 nitrogen and oxygen atoms in total. The van der Waals surface area contributed by atoms with Crippen molar-refractivity contribution in [3.8, 4) is 11.8 Å². The number of hydrogen-bond donors (Lipinski definition) is 2. The molecular weight excluding hydrogens is 314 g/mol. The Balaban J connectivity index is 2.03. The molecule has 0 aliphatic rings. The topological polar surface area (TPSA) is 82.9 Å². The van der Waals surface area contributed by atoms with Crippen LogP contribution in [0, 0.1) is 16.7 Å². The van der Waals surface area contributed by atoms with Gasteiger partial charge in [-0.05, 0) is 23.1 Å². The van der Waals surface area contributed by atoms with Crippen LogP contribution in [-0.4, -0.2) is 23.6 Å². The van der Waals surface area contributed by atoms with Crippen molar-refractivity contribution in [3.05, 3.63) is 47.4 Å². The largest absolute Gasteiger partial charge is 0.497 e. The minimum Gasteiger partial charge on any atom is -0.497 e. The maximum Gasteiger partial charge on any atom is 0.234 e. The van der Waals surface area contributed by atoms with E-state index in [1.807, 2.05) is 30.3 Å². The highest BCUT2D eigenvalue weighted by Gasteiger charge is 2.13. The van der Waals surface area contributed by atoms with Gasteiger partial charge in [-0.25, -0.2) is 9.97 Å². The molecule has 1 aromatic heterocycles. The van der Waals surface area contributed by atoms with E-state index in [1.165, 1.54) is 0 Å². The Morgan fingerprint density at radius 3 is 2.72 bits per heavy atom. The summed E-state index contributed by atoms with van der Waals surface area (Å²) in [5.41, 5.74) is 2.19. The van der Waals surface area contributed by atoms with Crippen molar-refractivity contribution in [1.82, 2.24) is 15.3 Å². The standard InChI is InChI=1S/C19H25N5O/c1-19(2,3)13-23-18-15(12-22-17(9-20)24-18)11-21-10-14-6-5-7-16(8-14)25-4/h5-8,12,21H,10-11,13H2,1-4H3,(H,22,23,24). The third kappa shape index (κ3) is 6.05. The van der Waals surface area contributed by atoms with E-state index in [4.69, 9.17) is 10.00 Å². The fraction of sp³-hybridized carbons (Fsp3) is 0.421. The monoisotopic (exact) mass is 339 g/mol. The van der Waals surface area contributed by atoms with Crippen LogP contribution in [0.3, 0.4) is 0 Å². The van der Waals surface area contributed by atoms with Crippen LogP contribution in [0.4, 0.5) is 5.82 Å². The number of aromatic nitrogens is 2. The molecule has 1 heterocycles. The molecule has 2 N–H and O–H groups in total. The van der Waals surface area contributed by atoms with Crippen molar-refractivity contribution in [2.45, 2.75) is 33.9 Å². The summed E-state index contributed by atoms with van der Waals surface area (Å²) in [4.78, 5) is 8.39. The van der Waals surface area contributed by atoms with E-state index in [-0.39, 0.29) is 11.2 Å². The molecular formula is C19H25N5O. The first-order valence-corrected chi connectivity index (χ1v) is 8.25. The highest BCUT2D eigenvalue weighted by atomic mass is 16.5. The minimum absolute atomic E-state index is 0.114. The third-order valence-electron chi connectivity index (χ3n) is 3.53. The number of benzene rings is 1. The maximum atomic E-state index is 9.02. The lowest BCUT2D eigenvalue weighted by atomic mass is 9.97. The van der Waals surface area contributed by atoms with Crippen molar-refractivity contribution in [1.29, 1.82) is 5.26 Å². The van der Waals surface area contributed by atoms with Crippen LogP contribution in [0.25, 0.3) is 0 Å². The van der Waals surface area contributed by atoms with E-state index < -0.39 is 0 Å². The van der Waals surface area contributed by atoms with E-state index in [0.717, 1.165) is 23.4 Å². The zero-order valence-electron chi connectivity index (χ0n) is 15.3.